The fraction of sp³-hybridized carbons (Fsp3) is 0.263. The second kappa shape index (κ2) is 7.79. The number of imidazole rings is 1. The third-order valence-electron chi connectivity index (χ3n) is 3.97. The minimum atomic E-state index is -4.61. The average Bonchev–Trinajstić information content (AvgIpc) is 2.99. The van der Waals surface area contributed by atoms with Crippen LogP contribution in [0.2, 0.25) is 0 Å². The first-order valence-electron chi connectivity index (χ1n) is 7.68. The molecule has 5 nitrogen and oxygen atoms in total. The minimum Gasteiger partial charge on any atom is -0.497 e. The second-order valence-electron chi connectivity index (χ2n) is 5.65. The van der Waals surface area contributed by atoms with Gasteiger partial charge in [0.1, 0.15) is 12.4 Å². The van der Waals surface area contributed by atoms with E-state index in [-0.39, 0.29) is 19.5 Å². The maximum atomic E-state index is 13.4. The molecule has 0 radical (unpaired) electrons. The molecular weight excluding hydrogens is 361 g/mol. The van der Waals surface area contributed by atoms with Gasteiger partial charge >= 0.3 is 6.18 Å². The summed E-state index contributed by atoms with van der Waals surface area (Å²) in [5.74, 6) is -1.04. The Bertz CT molecular complexity index is 947. The lowest BCUT2D eigenvalue weighted by molar-refractivity contribution is -0.146. The van der Waals surface area contributed by atoms with Crippen LogP contribution in [0.5, 0.6) is 5.75 Å². The van der Waals surface area contributed by atoms with E-state index in [4.69, 9.17) is 9.84 Å². The number of methoxy groups -OCH3 is 1. The number of aromatic nitrogens is 2. The highest BCUT2D eigenvalue weighted by Gasteiger charge is 2.37. The van der Waals surface area contributed by atoms with Crippen molar-refractivity contribution in [1.82, 2.24) is 9.55 Å². The summed E-state index contributed by atoms with van der Waals surface area (Å²) in [5, 5.41) is 8.85. The van der Waals surface area contributed by atoms with Crippen LogP contribution in [0.25, 0.3) is 11.0 Å². The molecule has 0 saturated carbocycles. The fourth-order valence-corrected chi connectivity index (χ4v) is 2.68. The molecule has 0 bridgehead atoms. The topological polar surface area (TPSA) is 64.4 Å². The quantitative estimate of drug-likeness (QED) is 0.682. The SMILES string of the molecule is C.COc1ccc2c(c1)nc(C(F)(F)F)n2Cc1ccc(C(=O)CO)cc1. The number of nitrogens with zero attached hydrogens (tertiary/aromatic N) is 2. The summed E-state index contributed by atoms with van der Waals surface area (Å²) in [5.41, 5.74) is 1.38. The van der Waals surface area contributed by atoms with Gasteiger partial charge in [0.2, 0.25) is 5.82 Å². The lowest BCUT2D eigenvalue weighted by atomic mass is 10.1. The van der Waals surface area contributed by atoms with Gasteiger partial charge in [0.15, 0.2) is 5.78 Å². The summed E-state index contributed by atoms with van der Waals surface area (Å²) in [6, 6.07) is 10.6. The molecule has 3 aromatic rings. The number of hydrogen-bond acceptors (Lipinski definition) is 4. The van der Waals surface area contributed by atoms with Crippen molar-refractivity contribution in [2.24, 2.45) is 0 Å². The van der Waals surface area contributed by atoms with Crippen molar-refractivity contribution in [1.29, 1.82) is 0 Å². The van der Waals surface area contributed by atoms with Crippen LogP contribution in [0.1, 0.15) is 29.2 Å². The fourth-order valence-electron chi connectivity index (χ4n) is 2.68. The van der Waals surface area contributed by atoms with Gasteiger partial charge in [0, 0.05) is 18.2 Å². The van der Waals surface area contributed by atoms with Gasteiger partial charge in [-0.25, -0.2) is 4.98 Å². The summed E-state index contributed by atoms with van der Waals surface area (Å²) in [7, 11) is 1.43. The van der Waals surface area contributed by atoms with Crippen molar-refractivity contribution in [3.8, 4) is 5.75 Å². The summed E-state index contributed by atoms with van der Waals surface area (Å²) < 4.78 is 46.3. The summed E-state index contributed by atoms with van der Waals surface area (Å²) >= 11 is 0. The second-order valence-corrected chi connectivity index (χ2v) is 5.65. The highest BCUT2D eigenvalue weighted by Crippen LogP contribution is 2.33. The number of ketones is 1. The van der Waals surface area contributed by atoms with E-state index in [9.17, 15) is 18.0 Å². The van der Waals surface area contributed by atoms with Gasteiger partial charge in [0.05, 0.1) is 18.1 Å². The maximum Gasteiger partial charge on any atom is 0.449 e. The van der Waals surface area contributed by atoms with Crippen LogP contribution in [0, 0.1) is 0 Å². The van der Waals surface area contributed by atoms with E-state index < -0.39 is 24.4 Å². The molecule has 0 unspecified atom stereocenters. The van der Waals surface area contributed by atoms with Crippen LogP contribution < -0.4 is 4.74 Å². The first kappa shape index (κ1) is 20.4. The highest BCUT2D eigenvalue weighted by molar-refractivity contribution is 5.96. The molecule has 0 atom stereocenters. The predicted molar refractivity (Wildman–Crippen MR) is 95.0 cm³/mol. The number of benzene rings is 2. The molecule has 2 aromatic carbocycles. The minimum absolute atomic E-state index is 0. The molecular formula is C19H19F3N2O3. The Balaban J connectivity index is 0.00000261. The van der Waals surface area contributed by atoms with Crippen LogP contribution >= 0.6 is 0 Å². The smallest absolute Gasteiger partial charge is 0.449 e. The number of hydrogen-bond donors (Lipinski definition) is 1. The van der Waals surface area contributed by atoms with Gasteiger partial charge in [-0.15, -0.1) is 0 Å². The molecule has 0 aliphatic rings. The van der Waals surface area contributed by atoms with Gasteiger partial charge in [-0.2, -0.15) is 13.2 Å². The molecule has 0 spiro atoms. The third-order valence-corrected chi connectivity index (χ3v) is 3.97. The highest BCUT2D eigenvalue weighted by atomic mass is 19.4. The van der Waals surface area contributed by atoms with Crippen LogP contribution in [-0.2, 0) is 12.7 Å². The van der Waals surface area contributed by atoms with E-state index in [0.29, 0.717) is 22.4 Å². The number of Topliss-reactive ketones (excluding diaryl/α,β-unsaturated/α-hetero) is 1. The largest absolute Gasteiger partial charge is 0.497 e. The van der Waals surface area contributed by atoms with Crippen LogP contribution in [0.4, 0.5) is 13.2 Å². The zero-order valence-electron chi connectivity index (χ0n) is 13.7. The van der Waals surface area contributed by atoms with E-state index >= 15 is 0 Å². The molecule has 3 rings (SSSR count). The van der Waals surface area contributed by atoms with Gasteiger partial charge in [-0.3, -0.25) is 4.79 Å². The molecule has 0 aliphatic heterocycles. The Hall–Kier alpha value is -2.87. The molecule has 0 saturated heterocycles. The average molecular weight is 380 g/mol. The summed E-state index contributed by atoms with van der Waals surface area (Å²) in [6.45, 7) is -0.684. The first-order valence-corrected chi connectivity index (χ1v) is 7.68. The Kier molecular flexibility index (Phi) is 5.90. The van der Waals surface area contributed by atoms with Crippen molar-refractivity contribution in [3.05, 3.63) is 59.4 Å². The van der Waals surface area contributed by atoms with E-state index in [1.807, 2.05) is 0 Å². The molecule has 0 amide bonds. The zero-order valence-corrected chi connectivity index (χ0v) is 13.7. The van der Waals surface area contributed by atoms with E-state index in [0.717, 1.165) is 4.57 Å². The maximum absolute atomic E-state index is 13.4. The number of aliphatic hydroxyl groups excluding tert-OH is 1. The van der Waals surface area contributed by atoms with Crippen LogP contribution in [0.15, 0.2) is 42.5 Å². The summed E-state index contributed by atoms with van der Waals surface area (Å²) in [4.78, 5) is 15.2. The summed E-state index contributed by atoms with van der Waals surface area (Å²) in [6.07, 6.45) is -4.61. The Morgan fingerprint density at radius 3 is 2.41 bits per heavy atom. The molecule has 0 fully saturated rings. The number of aliphatic hydroxyl groups is 1. The molecule has 0 aliphatic carbocycles. The number of ether oxygens (including phenoxy) is 1. The standard InChI is InChI=1S/C18H15F3N2O3.CH4/c1-26-13-6-7-15-14(8-13)22-17(18(19,20)21)23(15)9-11-2-4-12(5-3-11)16(25)10-24;/h2-8,24H,9-10H2,1H3;1H4. The predicted octanol–water partition coefficient (Wildman–Crippen LogP) is 3.92. The van der Waals surface area contributed by atoms with Crippen molar-refractivity contribution < 1.29 is 27.8 Å². The molecule has 27 heavy (non-hydrogen) atoms. The Morgan fingerprint density at radius 2 is 1.85 bits per heavy atom. The van der Waals surface area contributed by atoms with Gasteiger partial charge in [-0.1, -0.05) is 31.7 Å². The van der Waals surface area contributed by atoms with Crippen molar-refractivity contribution >= 4 is 16.8 Å². The van der Waals surface area contributed by atoms with E-state index in [1.54, 1.807) is 18.2 Å². The number of fused-ring (bicyclic) bond motifs is 1. The molecule has 8 heteroatoms. The molecule has 1 aromatic heterocycles. The normalized spacial score (nSPS) is 11.3. The van der Waals surface area contributed by atoms with Gasteiger partial charge < -0.3 is 14.4 Å². The lowest BCUT2D eigenvalue weighted by Crippen LogP contribution is -2.15. The van der Waals surface area contributed by atoms with Crippen LogP contribution in [0.3, 0.4) is 0 Å². The van der Waals surface area contributed by atoms with Crippen molar-refractivity contribution in [2.45, 2.75) is 20.1 Å². The van der Waals surface area contributed by atoms with E-state index in [1.165, 1.54) is 31.4 Å². The first-order chi connectivity index (χ1) is 12.3. The number of carbonyl (C=O) groups is 1. The van der Waals surface area contributed by atoms with Crippen molar-refractivity contribution in [3.63, 3.8) is 0 Å². The number of halogens is 3. The van der Waals surface area contributed by atoms with Gasteiger partial charge in [-0.05, 0) is 17.7 Å². The van der Waals surface area contributed by atoms with Crippen molar-refractivity contribution in [2.75, 3.05) is 13.7 Å². The number of alkyl halides is 3. The molecule has 1 N–H and O–H groups in total. The Labute approximate surface area is 154 Å². The number of carbonyl (C=O) groups excluding carboxylic acids is 1. The molecule has 144 valence electrons. The Morgan fingerprint density at radius 1 is 1.19 bits per heavy atom. The van der Waals surface area contributed by atoms with Gasteiger partial charge in [0.25, 0.3) is 0 Å². The van der Waals surface area contributed by atoms with E-state index in [2.05, 4.69) is 4.98 Å². The monoisotopic (exact) mass is 380 g/mol. The lowest BCUT2D eigenvalue weighted by Gasteiger charge is -2.12. The zero-order chi connectivity index (χ0) is 18.9. The third kappa shape index (κ3) is 4.11. The molecule has 1 heterocycles. The van der Waals surface area contributed by atoms with Crippen LogP contribution in [-0.4, -0.2) is 34.2 Å². The number of rotatable bonds is 5.